The average molecular weight is 291 g/mol. The molecule has 1 aliphatic heterocycles. The van der Waals surface area contributed by atoms with Gasteiger partial charge in [0.25, 0.3) is 0 Å². The molecule has 1 aromatic carbocycles. The second-order valence-corrected chi connectivity index (χ2v) is 5.49. The van der Waals surface area contributed by atoms with Crippen molar-refractivity contribution < 1.29 is 14.3 Å². The molecule has 1 saturated heterocycles. The molecule has 2 atom stereocenters. The first kappa shape index (κ1) is 16.0. The maximum absolute atomic E-state index is 12.6. The van der Waals surface area contributed by atoms with Crippen molar-refractivity contribution in [2.24, 2.45) is 0 Å². The Balaban J connectivity index is 2.00. The van der Waals surface area contributed by atoms with Gasteiger partial charge in [-0.1, -0.05) is 6.92 Å². The Kier molecular flexibility index (Phi) is 5.76. The third-order valence-electron chi connectivity index (χ3n) is 4.17. The quantitative estimate of drug-likeness (QED) is 0.724. The number of ether oxygens (including phenoxy) is 2. The highest BCUT2D eigenvalue weighted by atomic mass is 16.5. The molecule has 4 nitrogen and oxygen atoms in total. The zero-order chi connectivity index (χ0) is 15.2. The Morgan fingerprint density at radius 3 is 2.67 bits per heavy atom. The lowest BCUT2D eigenvalue weighted by Crippen LogP contribution is -2.43. The Labute approximate surface area is 127 Å². The molecule has 2 unspecified atom stereocenters. The molecular weight excluding hydrogens is 266 g/mol. The van der Waals surface area contributed by atoms with Gasteiger partial charge in [0.15, 0.2) is 5.78 Å². The maximum atomic E-state index is 12.6. The van der Waals surface area contributed by atoms with E-state index in [1.807, 2.05) is 31.2 Å². The standard InChI is InChI=1S/C17H25NO3/c1-4-18(12-16-6-5-11-21-16)13(2)17(19)14-7-9-15(20-3)10-8-14/h7-10,13,16H,4-6,11-12H2,1-3H3. The van der Waals surface area contributed by atoms with Crippen molar-refractivity contribution in [1.82, 2.24) is 4.90 Å². The summed E-state index contributed by atoms with van der Waals surface area (Å²) in [7, 11) is 1.62. The van der Waals surface area contributed by atoms with Crippen LogP contribution in [-0.2, 0) is 4.74 Å². The summed E-state index contributed by atoms with van der Waals surface area (Å²) in [5.74, 6) is 0.920. The predicted molar refractivity (Wildman–Crippen MR) is 83.0 cm³/mol. The normalized spacial score (nSPS) is 19.7. The minimum atomic E-state index is -0.132. The number of rotatable bonds is 7. The van der Waals surface area contributed by atoms with Crippen LogP contribution < -0.4 is 4.74 Å². The fourth-order valence-corrected chi connectivity index (χ4v) is 2.77. The van der Waals surface area contributed by atoms with Gasteiger partial charge in [0.1, 0.15) is 5.75 Å². The zero-order valence-corrected chi connectivity index (χ0v) is 13.2. The highest BCUT2D eigenvalue weighted by Crippen LogP contribution is 2.18. The monoisotopic (exact) mass is 291 g/mol. The molecule has 0 aliphatic carbocycles. The number of hydrogen-bond acceptors (Lipinski definition) is 4. The number of methoxy groups -OCH3 is 1. The number of carbonyl (C=O) groups excluding carboxylic acids is 1. The van der Waals surface area contributed by atoms with Gasteiger partial charge in [-0.3, -0.25) is 9.69 Å². The average Bonchev–Trinajstić information content (AvgIpc) is 3.04. The molecule has 0 spiro atoms. The second kappa shape index (κ2) is 7.57. The molecule has 0 N–H and O–H groups in total. The first-order chi connectivity index (χ1) is 10.2. The van der Waals surface area contributed by atoms with Crippen molar-refractivity contribution >= 4 is 5.78 Å². The molecule has 0 bridgehead atoms. The predicted octanol–water partition coefficient (Wildman–Crippen LogP) is 2.77. The molecule has 0 radical (unpaired) electrons. The molecule has 21 heavy (non-hydrogen) atoms. The zero-order valence-electron chi connectivity index (χ0n) is 13.2. The van der Waals surface area contributed by atoms with Crippen molar-refractivity contribution in [3.05, 3.63) is 29.8 Å². The topological polar surface area (TPSA) is 38.8 Å². The van der Waals surface area contributed by atoms with Crippen molar-refractivity contribution in [2.45, 2.75) is 38.8 Å². The van der Waals surface area contributed by atoms with E-state index in [4.69, 9.17) is 9.47 Å². The van der Waals surface area contributed by atoms with Crippen molar-refractivity contribution in [3.8, 4) is 5.75 Å². The van der Waals surface area contributed by atoms with Gasteiger partial charge >= 0.3 is 0 Å². The summed E-state index contributed by atoms with van der Waals surface area (Å²) >= 11 is 0. The number of ketones is 1. The molecule has 1 aliphatic rings. The van der Waals surface area contributed by atoms with Gasteiger partial charge in [0, 0.05) is 18.7 Å². The summed E-state index contributed by atoms with van der Waals surface area (Å²) in [6.07, 6.45) is 2.50. The van der Waals surface area contributed by atoms with E-state index in [0.29, 0.717) is 0 Å². The van der Waals surface area contributed by atoms with Gasteiger partial charge < -0.3 is 9.47 Å². The van der Waals surface area contributed by atoms with Gasteiger partial charge in [-0.25, -0.2) is 0 Å². The third-order valence-corrected chi connectivity index (χ3v) is 4.17. The van der Waals surface area contributed by atoms with Crippen molar-refractivity contribution in [1.29, 1.82) is 0 Å². The number of benzene rings is 1. The van der Waals surface area contributed by atoms with E-state index in [9.17, 15) is 4.79 Å². The van der Waals surface area contributed by atoms with E-state index in [-0.39, 0.29) is 17.9 Å². The molecule has 1 aromatic rings. The van der Waals surface area contributed by atoms with Crippen LogP contribution in [0.15, 0.2) is 24.3 Å². The minimum Gasteiger partial charge on any atom is -0.497 e. The Hall–Kier alpha value is -1.39. The van der Waals surface area contributed by atoms with Gasteiger partial charge in [-0.05, 0) is 50.6 Å². The molecule has 4 heteroatoms. The molecule has 116 valence electrons. The first-order valence-electron chi connectivity index (χ1n) is 7.69. The minimum absolute atomic E-state index is 0.132. The van der Waals surface area contributed by atoms with Gasteiger partial charge in [-0.15, -0.1) is 0 Å². The first-order valence-corrected chi connectivity index (χ1v) is 7.69. The van der Waals surface area contributed by atoms with Crippen LogP contribution in [0.2, 0.25) is 0 Å². The smallest absolute Gasteiger partial charge is 0.179 e. The highest BCUT2D eigenvalue weighted by molar-refractivity contribution is 5.99. The Morgan fingerprint density at radius 1 is 1.43 bits per heavy atom. The molecule has 0 amide bonds. The number of carbonyl (C=O) groups is 1. The summed E-state index contributed by atoms with van der Waals surface area (Å²) in [5, 5.41) is 0. The number of likely N-dealkylation sites (N-methyl/N-ethyl adjacent to an activating group) is 1. The lowest BCUT2D eigenvalue weighted by molar-refractivity contribution is 0.0552. The maximum Gasteiger partial charge on any atom is 0.179 e. The summed E-state index contributed by atoms with van der Waals surface area (Å²) in [4.78, 5) is 14.8. The van der Waals surface area contributed by atoms with Crippen molar-refractivity contribution in [3.63, 3.8) is 0 Å². The molecule has 1 fully saturated rings. The fraction of sp³-hybridized carbons (Fsp3) is 0.588. The van der Waals surface area contributed by atoms with Gasteiger partial charge in [-0.2, -0.15) is 0 Å². The number of hydrogen-bond donors (Lipinski definition) is 0. The fourth-order valence-electron chi connectivity index (χ4n) is 2.77. The molecular formula is C17H25NO3. The summed E-state index contributed by atoms with van der Waals surface area (Å²) < 4.78 is 10.8. The van der Waals surface area contributed by atoms with E-state index in [1.165, 1.54) is 0 Å². The number of nitrogens with zero attached hydrogens (tertiary/aromatic N) is 1. The van der Waals surface area contributed by atoms with E-state index >= 15 is 0 Å². The van der Waals surface area contributed by atoms with Gasteiger partial charge in [0.2, 0.25) is 0 Å². The van der Waals surface area contributed by atoms with Gasteiger partial charge in [0.05, 0.1) is 19.3 Å². The van der Waals surface area contributed by atoms with Crippen LogP contribution in [0.5, 0.6) is 5.75 Å². The Bertz CT molecular complexity index is 452. The van der Waals surface area contributed by atoms with Crippen LogP contribution >= 0.6 is 0 Å². The van der Waals surface area contributed by atoms with E-state index < -0.39 is 0 Å². The molecule has 0 saturated carbocycles. The highest BCUT2D eigenvalue weighted by Gasteiger charge is 2.25. The van der Waals surface area contributed by atoms with Crippen LogP contribution in [0.25, 0.3) is 0 Å². The summed E-state index contributed by atoms with van der Waals surface area (Å²) in [6.45, 7) is 6.60. The van der Waals surface area contributed by atoms with Crippen LogP contribution in [0.1, 0.15) is 37.0 Å². The summed E-state index contributed by atoms with van der Waals surface area (Å²) in [6, 6.07) is 7.19. The van der Waals surface area contributed by atoms with E-state index in [1.54, 1.807) is 7.11 Å². The van der Waals surface area contributed by atoms with Crippen molar-refractivity contribution in [2.75, 3.05) is 26.8 Å². The van der Waals surface area contributed by atoms with Crippen LogP contribution in [-0.4, -0.2) is 49.6 Å². The summed E-state index contributed by atoms with van der Waals surface area (Å²) in [5.41, 5.74) is 0.731. The number of Topliss-reactive ketones (excluding diaryl/α,β-unsaturated/α-hetero) is 1. The SMILES string of the molecule is CCN(CC1CCCO1)C(C)C(=O)c1ccc(OC)cc1. The lowest BCUT2D eigenvalue weighted by atomic mass is 10.0. The van der Waals surface area contributed by atoms with Crippen LogP contribution in [0.3, 0.4) is 0 Å². The Morgan fingerprint density at radius 2 is 2.14 bits per heavy atom. The van der Waals surface area contributed by atoms with Crippen LogP contribution in [0, 0.1) is 0 Å². The molecule has 1 heterocycles. The van der Waals surface area contributed by atoms with E-state index in [0.717, 1.165) is 43.9 Å². The lowest BCUT2D eigenvalue weighted by Gasteiger charge is -2.29. The molecule has 2 rings (SSSR count). The second-order valence-electron chi connectivity index (χ2n) is 5.49. The van der Waals surface area contributed by atoms with E-state index in [2.05, 4.69) is 11.8 Å². The third kappa shape index (κ3) is 4.05. The largest absolute Gasteiger partial charge is 0.497 e. The van der Waals surface area contributed by atoms with Crippen LogP contribution in [0.4, 0.5) is 0 Å². The molecule has 0 aromatic heterocycles.